The van der Waals surface area contributed by atoms with E-state index in [0.29, 0.717) is 17.7 Å². The molecule has 148 valence electrons. The fraction of sp³-hybridized carbons (Fsp3) is 0.300. The Morgan fingerprint density at radius 1 is 1.21 bits per heavy atom. The van der Waals surface area contributed by atoms with E-state index < -0.39 is 12.3 Å². The molecule has 2 aliphatic rings. The summed E-state index contributed by atoms with van der Waals surface area (Å²) < 4.78 is 22.1. The number of phenols is 1. The maximum atomic E-state index is 14.6. The van der Waals surface area contributed by atoms with E-state index in [1.54, 1.807) is 41.5 Å². The fourth-order valence-corrected chi connectivity index (χ4v) is 3.89. The molecule has 2 N–H and O–H groups in total. The number of nitrogens with one attached hydrogen (secondary N) is 1. The summed E-state index contributed by atoms with van der Waals surface area (Å²) in [4.78, 5) is 0. The second kappa shape index (κ2) is 6.63. The van der Waals surface area contributed by atoms with Gasteiger partial charge < -0.3 is 9.84 Å². The molecule has 0 radical (unpaired) electrons. The number of alkyl halides is 1. The van der Waals surface area contributed by atoms with Crippen LogP contribution in [0.15, 0.2) is 55.1 Å². The summed E-state index contributed by atoms with van der Waals surface area (Å²) in [7, 11) is 0. The number of piperidine rings is 1. The van der Waals surface area contributed by atoms with Crippen LogP contribution in [0.5, 0.6) is 11.6 Å². The molecule has 4 atom stereocenters. The Morgan fingerprint density at radius 2 is 2.03 bits per heavy atom. The lowest BCUT2D eigenvalue weighted by Gasteiger charge is -2.38. The highest BCUT2D eigenvalue weighted by molar-refractivity contribution is 5.68. The number of aromatic nitrogens is 5. The Hall–Kier alpha value is -3.33. The maximum Gasteiger partial charge on any atom is 0.233 e. The molecule has 1 unspecified atom stereocenters. The van der Waals surface area contributed by atoms with Gasteiger partial charge in [0.05, 0.1) is 17.4 Å². The van der Waals surface area contributed by atoms with Crippen LogP contribution in [0.2, 0.25) is 0 Å². The Morgan fingerprint density at radius 3 is 2.76 bits per heavy atom. The van der Waals surface area contributed by atoms with Crippen molar-refractivity contribution in [2.75, 3.05) is 0 Å². The standard InChI is InChI=1S/C20H19FN6O2/c1-20-7-6-15(24-20)19(21)17(9-20)29-18-5-4-14(25-26-18)13-3-2-12(8-16(13)28)27-10-22-23-11-27/h2-8,10-11,15,17,19,24,28H,9H2,1H3/t15?,17-,19+,20-/m0/s1. The van der Waals surface area contributed by atoms with E-state index in [1.807, 2.05) is 25.1 Å². The molecule has 4 heterocycles. The normalized spacial score (nSPS) is 27.9. The molecule has 9 heteroatoms. The third kappa shape index (κ3) is 3.23. The zero-order chi connectivity index (χ0) is 20.0. The zero-order valence-corrected chi connectivity index (χ0v) is 15.6. The molecule has 8 nitrogen and oxygen atoms in total. The fourth-order valence-electron chi connectivity index (χ4n) is 3.89. The third-order valence-corrected chi connectivity index (χ3v) is 5.38. The first-order chi connectivity index (χ1) is 14.0. The Balaban J connectivity index is 1.33. The molecule has 0 aliphatic carbocycles. The highest BCUT2D eigenvalue weighted by Gasteiger charge is 2.46. The van der Waals surface area contributed by atoms with E-state index in [-0.39, 0.29) is 23.2 Å². The van der Waals surface area contributed by atoms with Crippen molar-refractivity contribution in [3.05, 3.63) is 55.1 Å². The van der Waals surface area contributed by atoms with Crippen molar-refractivity contribution in [1.29, 1.82) is 0 Å². The minimum absolute atomic E-state index is 0.0527. The highest BCUT2D eigenvalue weighted by Crippen LogP contribution is 2.34. The number of phenolic OH excluding ortho intramolecular Hbond substituents is 1. The van der Waals surface area contributed by atoms with Crippen molar-refractivity contribution in [1.82, 2.24) is 30.3 Å². The van der Waals surface area contributed by atoms with Gasteiger partial charge in [-0.05, 0) is 25.1 Å². The maximum absolute atomic E-state index is 14.6. The molecule has 3 aromatic rings. The second-order valence-corrected chi connectivity index (χ2v) is 7.58. The molecule has 2 bridgehead atoms. The summed E-state index contributed by atoms with van der Waals surface area (Å²) >= 11 is 0. The summed E-state index contributed by atoms with van der Waals surface area (Å²) in [6, 6.07) is 8.14. The van der Waals surface area contributed by atoms with Crippen LogP contribution in [-0.4, -0.2) is 53.9 Å². The van der Waals surface area contributed by atoms with Crippen molar-refractivity contribution < 1.29 is 14.2 Å². The van der Waals surface area contributed by atoms with Gasteiger partial charge in [-0.2, -0.15) is 0 Å². The summed E-state index contributed by atoms with van der Waals surface area (Å²) in [5.41, 5.74) is 1.48. The van der Waals surface area contributed by atoms with Crippen molar-refractivity contribution in [2.24, 2.45) is 0 Å². The van der Waals surface area contributed by atoms with E-state index in [4.69, 9.17) is 4.74 Å². The first kappa shape index (κ1) is 17.7. The van der Waals surface area contributed by atoms with E-state index in [1.165, 1.54) is 0 Å². The number of fused-ring (bicyclic) bond motifs is 2. The van der Waals surface area contributed by atoms with Crippen LogP contribution in [0.3, 0.4) is 0 Å². The average Bonchev–Trinajstić information content (AvgIpc) is 3.36. The lowest BCUT2D eigenvalue weighted by Crippen LogP contribution is -2.57. The van der Waals surface area contributed by atoms with Crippen LogP contribution < -0.4 is 10.1 Å². The molecule has 1 aromatic carbocycles. The summed E-state index contributed by atoms with van der Waals surface area (Å²) in [6.07, 6.45) is 5.69. The van der Waals surface area contributed by atoms with Gasteiger partial charge >= 0.3 is 0 Å². The monoisotopic (exact) mass is 394 g/mol. The first-order valence-corrected chi connectivity index (χ1v) is 9.31. The first-order valence-electron chi connectivity index (χ1n) is 9.31. The second-order valence-electron chi connectivity index (χ2n) is 7.58. The summed E-state index contributed by atoms with van der Waals surface area (Å²) in [5, 5.41) is 29.3. The van der Waals surface area contributed by atoms with Gasteiger partial charge in [0.1, 0.15) is 24.5 Å². The molecule has 1 fully saturated rings. The number of hydrogen-bond donors (Lipinski definition) is 2. The molecule has 2 aromatic heterocycles. The number of benzene rings is 1. The van der Waals surface area contributed by atoms with Crippen molar-refractivity contribution in [3.8, 4) is 28.6 Å². The Bertz CT molecular complexity index is 1060. The molecule has 29 heavy (non-hydrogen) atoms. The smallest absolute Gasteiger partial charge is 0.233 e. The van der Waals surface area contributed by atoms with Crippen molar-refractivity contribution >= 4 is 0 Å². The number of rotatable bonds is 4. The number of aromatic hydroxyl groups is 1. The van der Waals surface area contributed by atoms with Crippen LogP contribution in [0, 0.1) is 0 Å². The SMILES string of the molecule is C[C@@]12C=CC(N1)[C@@H](F)[C@@H](Oc1ccc(-c3ccc(-n4cnnc4)cc3O)nn1)C2. The van der Waals surface area contributed by atoms with Crippen molar-refractivity contribution in [3.63, 3.8) is 0 Å². The van der Waals surface area contributed by atoms with Gasteiger partial charge in [-0.3, -0.25) is 9.88 Å². The lowest BCUT2D eigenvalue weighted by molar-refractivity contribution is 0.0295. The van der Waals surface area contributed by atoms with Crippen LogP contribution in [-0.2, 0) is 0 Å². The van der Waals surface area contributed by atoms with E-state index in [2.05, 4.69) is 25.7 Å². The predicted molar refractivity (Wildman–Crippen MR) is 102 cm³/mol. The molecule has 1 saturated heterocycles. The highest BCUT2D eigenvalue weighted by atomic mass is 19.1. The number of halogens is 1. The molecule has 5 rings (SSSR count). The minimum Gasteiger partial charge on any atom is -0.507 e. The van der Waals surface area contributed by atoms with Gasteiger partial charge in [0.15, 0.2) is 6.17 Å². The molecule has 2 aliphatic heterocycles. The summed E-state index contributed by atoms with van der Waals surface area (Å²) in [6.45, 7) is 2.02. The number of hydrogen-bond acceptors (Lipinski definition) is 7. The van der Waals surface area contributed by atoms with Crippen LogP contribution >= 0.6 is 0 Å². The quantitative estimate of drug-likeness (QED) is 0.655. The van der Waals surface area contributed by atoms with Crippen molar-refractivity contribution in [2.45, 2.75) is 37.2 Å². The van der Waals surface area contributed by atoms with E-state index >= 15 is 0 Å². The number of nitrogens with zero attached hydrogens (tertiary/aromatic N) is 5. The van der Waals surface area contributed by atoms with Gasteiger partial charge in [-0.1, -0.05) is 12.2 Å². The number of ether oxygens (including phenoxy) is 1. The predicted octanol–water partition coefficient (Wildman–Crippen LogP) is 2.21. The van der Waals surface area contributed by atoms with Crippen LogP contribution in [0.1, 0.15) is 13.3 Å². The largest absolute Gasteiger partial charge is 0.507 e. The summed E-state index contributed by atoms with van der Waals surface area (Å²) in [5.74, 6) is 0.309. The van der Waals surface area contributed by atoms with E-state index in [9.17, 15) is 9.50 Å². The van der Waals surface area contributed by atoms with Crippen LogP contribution in [0.25, 0.3) is 16.9 Å². The van der Waals surface area contributed by atoms with Gasteiger partial charge in [-0.25, -0.2) is 4.39 Å². The molecule has 0 saturated carbocycles. The van der Waals surface area contributed by atoms with Gasteiger partial charge in [-0.15, -0.1) is 20.4 Å². The molecule has 0 spiro atoms. The van der Waals surface area contributed by atoms with Crippen LogP contribution in [0.4, 0.5) is 4.39 Å². The van der Waals surface area contributed by atoms with Gasteiger partial charge in [0, 0.05) is 29.7 Å². The molecular formula is C20H19FN6O2. The topological polar surface area (TPSA) is 98.0 Å². The minimum atomic E-state index is -1.16. The lowest BCUT2D eigenvalue weighted by atomic mass is 9.90. The van der Waals surface area contributed by atoms with E-state index in [0.717, 1.165) is 5.69 Å². The zero-order valence-electron chi connectivity index (χ0n) is 15.6. The van der Waals surface area contributed by atoms with Gasteiger partial charge in [0.2, 0.25) is 5.88 Å². The Labute approximate surface area is 166 Å². The third-order valence-electron chi connectivity index (χ3n) is 5.38. The Kier molecular flexibility index (Phi) is 4.06. The molecular weight excluding hydrogens is 375 g/mol. The molecule has 0 amide bonds. The van der Waals surface area contributed by atoms with Gasteiger partial charge in [0.25, 0.3) is 0 Å². The average molecular weight is 394 g/mol.